The normalized spacial score (nSPS) is 30.7. The molecule has 0 aromatic heterocycles. The molecule has 2 rings (SSSR count). The van der Waals surface area contributed by atoms with Crippen molar-refractivity contribution in [1.82, 2.24) is 4.90 Å². The first-order chi connectivity index (χ1) is 9.41. The van der Waals surface area contributed by atoms with E-state index in [-0.39, 0.29) is 30.5 Å². The van der Waals surface area contributed by atoms with Crippen LogP contribution in [0.3, 0.4) is 0 Å². The minimum atomic E-state index is -0.241. The highest BCUT2D eigenvalue weighted by Crippen LogP contribution is 2.34. The van der Waals surface area contributed by atoms with Crippen LogP contribution in [0.4, 0.5) is 0 Å². The van der Waals surface area contributed by atoms with E-state index >= 15 is 0 Å². The lowest BCUT2D eigenvalue weighted by atomic mass is 9.77. The van der Waals surface area contributed by atoms with Gasteiger partial charge in [-0.2, -0.15) is 0 Å². The molecule has 2 fully saturated rings. The van der Waals surface area contributed by atoms with Gasteiger partial charge in [-0.1, -0.05) is 20.8 Å². The molecule has 0 spiro atoms. The number of rotatable bonds is 2. The van der Waals surface area contributed by atoms with E-state index in [1.54, 1.807) is 0 Å². The average molecular weight is 319 g/mol. The third kappa shape index (κ3) is 4.83. The van der Waals surface area contributed by atoms with E-state index in [1.807, 2.05) is 4.90 Å². The van der Waals surface area contributed by atoms with E-state index in [9.17, 15) is 4.79 Å². The van der Waals surface area contributed by atoms with Crippen molar-refractivity contribution in [2.45, 2.75) is 65.1 Å². The molecule has 0 aromatic rings. The van der Waals surface area contributed by atoms with E-state index in [0.717, 1.165) is 38.8 Å². The van der Waals surface area contributed by atoms with Crippen molar-refractivity contribution in [2.24, 2.45) is 17.1 Å². The third-order valence-electron chi connectivity index (χ3n) is 4.91. The number of carbonyl (C=O) groups excluding carboxylic acids is 1. The molecular formula is C16H31ClN2O2. The molecule has 1 amide bonds. The van der Waals surface area contributed by atoms with Gasteiger partial charge in [0.05, 0.1) is 6.10 Å². The molecule has 0 aliphatic carbocycles. The van der Waals surface area contributed by atoms with Crippen molar-refractivity contribution in [2.75, 3.05) is 19.6 Å². The van der Waals surface area contributed by atoms with Gasteiger partial charge in [-0.25, -0.2) is 0 Å². The largest absolute Gasteiger partial charge is 0.364 e. The second-order valence-electron chi connectivity index (χ2n) is 7.38. The molecule has 0 bridgehead atoms. The van der Waals surface area contributed by atoms with Crippen LogP contribution in [0.5, 0.6) is 0 Å². The molecule has 0 radical (unpaired) electrons. The smallest absolute Gasteiger partial charge is 0.251 e. The topological polar surface area (TPSA) is 55.6 Å². The summed E-state index contributed by atoms with van der Waals surface area (Å²) in [5.74, 6) is 0.900. The summed E-state index contributed by atoms with van der Waals surface area (Å²) < 4.78 is 5.74. The number of nitrogens with two attached hydrogens (primary N) is 1. The molecule has 3 atom stereocenters. The van der Waals surface area contributed by atoms with Crippen molar-refractivity contribution in [1.29, 1.82) is 0 Å². The molecule has 5 heteroatoms. The summed E-state index contributed by atoms with van der Waals surface area (Å²) in [7, 11) is 0. The van der Waals surface area contributed by atoms with Crippen LogP contribution in [-0.4, -0.2) is 42.6 Å². The van der Waals surface area contributed by atoms with Gasteiger partial charge in [-0.05, 0) is 43.4 Å². The molecule has 0 saturated carbocycles. The predicted octanol–water partition coefficient (Wildman–Crippen LogP) is 2.59. The van der Waals surface area contributed by atoms with E-state index in [2.05, 4.69) is 20.8 Å². The van der Waals surface area contributed by atoms with Crippen LogP contribution in [0, 0.1) is 11.3 Å². The van der Waals surface area contributed by atoms with Gasteiger partial charge in [0.15, 0.2) is 0 Å². The van der Waals surface area contributed by atoms with Crippen molar-refractivity contribution in [3.05, 3.63) is 0 Å². The zero-order valence-corrected chi connectivity index (χ0v) is 14.5. The second-order valence-corrected chi connectivity index (χ2v) is 7.38. The number of nitrogens with zero attached hydrogens (tertiary/aromatic N) is 1. The fourth-order valence-electron chi connectivity index (χ4n) is 3.45. The maximum absolute atomic E-state index is 12.5. The standard InChI is InChI=1S/C16H30N2O2.ClH/c1-16(2,3)12-5-4-9-18(10-8-12)15(19)14-7-6-13(11-17)20-14;/h12-14H,4-11,17H2,1-3H3;1H/t12?,13-,14+;/m1./s1. The van der Waals surface area contributed by atoms with Crippen LogP contribution in [0.2, 0.25) is 0 Å². The zero-order chi connectivity index (χ0) is 14.8. The minimum absolute atomic E-state index is 0. The third-order valence-corrected chi connectivity index (χ3v) is 4.91. The molecule has 2 aliphatic heterocycles. The monoisotopic (exact) mass is 318 g/mol. The summed E-state index contributed by atoms with van der Waals surface area (Å²) in [6, 6.07) is 0. The number of likely N-dealkylation sites (tertiary alicyclic amines) is 1. The number of hydrogen-bond donors (Lipinski definition) is 1. The number of hydrogen-bond acceptors (Lipinski definition) is 3. The highest BCUT2D eigenvalue weighted by molar-refractivity contribution is 5.85. The fourth-order valence-corrected chi connectivity index (χ4v) is 3.45. The minimum Gasteiger partial charge on any atom is -0.364 e. The lowest BCUT2D eigenvalue weighted by Crippen LogP contribution is -2.40. The molecule has 2 aliphatic rings. The van der Waals surface area contributed by atoms with Crippen LogP contribution in [0.1, 0.15) is 52.9 Å². The van der Waals surface area contributed by atoms with Crippen LogP contribution in [0.25, 0.3) is 0 Å². The Morgan fingerprint density at radius 3 is 2.48 bits per heavy atom. The summed E-state index contributed by atoms with van der Waals surface area (Å²) in [6.45, 7) is 9.21. The molecule has 0 aromatic carbocycles. The van der Waals surface area contributed by atoms with Gasteiger partial charge in [0, 0.05) is 19.6 Å². The van der Waals surface area contributed by atoms with E-state index in [1.165, 1.54) is 6.42 Å². The van der Waals surface area contributed by atoms with Crippen LogP contribution >= 0.6 is 12.4 Å². The Morgan fingerprint density at radius 1 is 1.19 bits per heavy atom. The van der Waals surface area contributed by atoms with Crippen LogP contribution < -0.4 is 5.73 Å². The Balaban J connectivity index is 0.00000220. The van der Waals surface area contributed by atoms with Crippen molar-refractivity contribution in [3.63, 3.8) is 0 Å². The van der Waals surface area contributed by atoms with E-state index in [4.69, 9.17) is 10.5 Å². The lowest BCUT2D eigenvalue weighted by molar-refractivity contribution is -0.142. The summed E-state index contributed by atoms with van der Waals surface area (Å²) in [5.41, 5.74) is 5.96. The highest BCUT2D eigenvalue weighted by Gasteiger charge is 2.34. The predicted molar refractivity (Wildman–Crippen MR) is 87.6 cm³/mol. The quantitative estimate of drug-likeness (QED) is 0.851. The number of halogens is 1. The first-order valence-electron chi connectivity index (χ1n) is 8.06. The zero-order valence-electron chi connectivity index (χ0n) is 13.6. The maximum atomic E-state index is 12.5. The number of ether oxygens (including phenoxy) is 1. The Bertz CT molecular complexity index is 344. The Morgan fingerprint density at radius 2 is 1.90 bits per heavy atom. The maximum Gasteiger partial charge on any atom is 0.251 e. The van der Waals surface area contributed by atoms with Crippen LogP contribution in [-0.2, 0) is 9.53 Å². The Labute approximate surface area is 135 Å². The van der Waals surface area contributed by atoms with Gasteiger partial charge >= 0.3 is 0 Å². The molecule has 4 nitrogen and oxygen atoms in total. The van der Waals surface area contributed by atoms with Crippen molar-refractivity contribution >= 4 is 18.3 Å². The van der Waals surface area contributed by atoms with Gasteiger partial charge in [-0.3, -0.25) is 4.79 Å². The summed E-state index contributed by atoms with van der Waals surface area (Å²) in [5, 5.41) is 0. The van der Waals surface area contributed by atoms with Crippen molar-refractivity contribution < 1.29 is 9.53 Å². The van der Waals surface area contributed by atoms with Gasteiger partial charge in [0.1, 0.15) is 6.10 Å². The highest BCUT2D eigenvalue weighted by atomic mass is 35.5. The van der Waals surface area contributed by atoms with Gasteiger partial charge in [-0.15, -0.1) is 12.4 Å². The number of carbonyl (C=O) groups is 1. The average Bonchev–Trinajstić information content (AvgIpc) is 2.72. The molecule has 1 unspecified atom stereocenters. The van der Waals surface area contributed by atoms with Gasteiger partial charge < -0.3 is 15.4 Å². The SMILES string of the molecule is CC(C)(C)C1CCCN(C(=O)[C@@H]2CC[C@H](CN)O2)CC1.Cl. The molecule has 2 saturated heterocycles. The van der Waals surface area contributed by atoms with E-state index in [0.29, 0.717) is 17.9 Å². The Kier molecular flexibility index (Phi) is 6.95. The molecule has 124 valence electrons. The first kappa shape index (κ1) is 18.7. The lowest BCUT2D eigenvalue weighted by Gasteiger charge is -2.30. The van der Waals surface area contributed by atoms with Crippen molar-refractivity contribution in [3.8, 4) is 0 Å². The Hall–Kier alpha value is -0.320. The molecule has 21 heavy (non-hydrogen) atoms. The fraction of sp³-hybridized carbons (Fsp3) is 0.938. The summed E-state index contributed by atoms with van der Waals surface area (Å²) in [6.07, 6.45) is 5.05. The van der Waals surface area contributed by atoms with Gasteiger partial charge in [0.25, 0.3) is 5.91 Å². The van der Waals surface area contributed by atoms with Gasteiger partial charge in [0.2, 0.25) is 0 Å². The second kappa shape index (κ2) is 7.80. The number of amides is 1. The molecular weight excluding hydrogens is 288 g/mol. The first-order valence-corrected chi connectivity index (χ1v) is 8.06. The molecule has 2 heterocycles. The summed E-state index contributed by atoms with van der Waals surface area (Å²) in [4.78, 5) is 14.6. The van der Waals surface area contributed by atoms with Crippen LogP contribution in [0.15, 0.2) is 0 Å². The van der Waals surface area contributed by atoms with E-state index < -0.39 is 0 Å². The summed E-state index contributed by atoms with van der Waals surface area (Å²) >= 11 is 0. The molecule has 2 N–H and O–H groups in total.